The van der Waals surface area contributed by atoms with Gasteiger partial charge in [0.25, 0.3) is 0 Å². The predicted octanol–water partition coefficient (Wildman–Crippen LogP) is 2.27. The number of amides is 1. The van der Waals surface area contributed by atoms with Crippen LogP contribution in [0.3, 0.4) is 0 Å². The molecular formula is C22H34N4O2. The number of hydrogen-bond acceptors (Lipinski definition) is 5. The van der Waals surface area contributed by atoms with Crippen molar-refractivity contribution in [2.75, 3.05) is 58.2 Å². The molecule has 3 aliphatic rings. The smallest absolute Gasteiger partial charge is 0.238 e. The van der Waals surface area contributed by atoms with Crippen LogP contribution >= 0.6 is 0 Å². The summed E-state index contributed by atoms with van der Waals surface area (Å²) < 4.78 is 6.11. The molecule has 1 aromatic carbocycles. The molecule has 1 aromatic rings. The van der Waals surface area contributed by atoms with Crippen LogP contribution in [0, 0.1) is 0 Å². The molecule has 2 saturated heterocycles. The van der Waals surface area contributed by atoms with Gasteiger partial charge in [-0.15, -0.1) is 0 Å². The first-order valence-electron chi connectivity index (χ1n) is 10.9. The van der Waals surface area contributed by atoms with E-state index in [-0.39, 0.29) is 5.91 Å². The standard InChI is InChI=1S/C22H34N4O2/c1-24-11-13-25(14-12-24)17-22(27)23-18-5-7-20(8-6-18)28-21-15-19(16-21)26-9-3-2-4-10-26/h5-8,19,21H,2-4,9-17H2,1H3,(H,23,27). The van der Waals surface area contributed by atoms with Gasteiger partial charge >= 0.3 is 0 Å². The number of nitrogens with zero attached hydrogens (tertiary/aromatic N) is 3. The highest BCUT2D eigenvalue weighted by atomic mass is 16.5. The third-order valence-electron chi connectivity index (χ3n) is 6.38. The molecule has 4 rings (SSSR count). The summed E-state index contributed by atoms with van der Waals surface area (Å²) >= 11 is 0. The van der Waals surface area contributed by atoms with Gasteiger partial charge in [0.05, 0.1) is 6.54 Å². The number of benzene rings is 1. The lowest BCUT2D eigenvalue weighted by molar-refractivity contribution is -0.117. The van der Waals surface area contributed by atoms with Crippen LogP contribution in [-0.2, 0) is 4.79 Å². The minimum atomic E-state index is 0.0570. The lowest BCUT2D eigenvalue weighted by atomic mass is 9.86. The quantitative estimate of drug-likeness (QED) is 0.813. The monoisotopic (exact) mass is 386 g/mol. The van der Waals surface area contributed by atoms with Gasteiger partial charge in [0.2, 0.25) is 5.91 Å². The van der Waals surface area contributed by atoms with Crippen molar-refractivity contribution in [1.82, 2.24) is 14.7 Å². The zero-order valence-electron chi connectivity index (χ0n) is 17.1. The Morgan fingerprint density at radius 1 is 1.00 bits per heavy atom. The number of piperidine rings is 1. The Balaban J connectivity index is 1.17. The molecule has 0 spiro atoms. The maximum atomic E-state index is 12.3. The number of carbonyl (C=O) groups excluding carboxylic acids is 1. The Kier molecular flexibility index (Phi) is 6.50. The lowest BCUT2D eigenvalue weighted by Crippen LogP contribution is -2.50. The average molecular weight is 387 g/mol. The van der Waals surface area contributed by atoms with Crippen LogP contribution in [0.25, 0.3) is 0 Å². The minimum absolute atomic E-state index is 0.0570. The Labute approximate surface area is 168 Å². The van der Waals surface area contributed by atoms with Crippen molar-refractivity contribution < 1.29 is 9.53 Å². The van der Waals surface area contributed by atoms with Gasteiger partial charge in [-0.3, -0.25) is 9.69 Å². The number of likely N-dealkylation sites (N-methyl/N-ethyl adjacent to an activating group) is 1. The number of likely N-dealkylation sites (tertiary alicyclic amines) is 1. The fourth-order valence-corrected chi connectivity index (χ4v) is 4.43. The fraction of sp³-hybridized carbons (Fsp3) is 0.682. The number of piperazine rings is 1. The largest absolute Gasteiger partial charge is 0.490 e. The summed E-state index contributed by atoms with van der Waals surface area (Å²) in [5, 5.41) is 3.00. The van der Waals surface area contributed by atoms with Crippen LogP contribution in [0.15, 0.2) is 24.3 Å². The van der Waals surface area contributed by atoms with Crippen LogP contribution in [0.4, 0.5) is 5.69 Å². The second-order valence-electron chi connectivity index (χ2n) is 8.61. The van der Waals surface area contributed by atoms with Crippen molar-refractivity contribution in [3.05, 3.63) is 24.3 Å². The highest BCUT2D eigenvalue weighted by Crippen LogP contribution is 2.31. The Bertz CT molecular complexity index is 630. The zero-order chi connectivity index (χ0) is 19.3. The van der Waals surface area contributed by atoms with Crippen LogP contribution < -0.4 is 10.1 Å². The van der Waals surface area contributed by atoms with E-state index >= 15 is 0 Å². The normalized spacial score (nSPS) is 27.2. The van der Waals surface area contributed by atoms with E-state index in [2.05, 4.69) is 27.1 Å². The summed E-state index contributed by atoms with van der Waals surface area (Å²) in [5.74, 6) is 0.959. The van der Waals surface area contributed by atoms with E-state index < -0.39 is 0 Å². The summed E-state index contributed by atoms with van der Waals surface area (Å²) in [7, 11) is 2.12. The SMILES string of the molecule is CN1CCN(CC(=O)Nc2ccc(OC3CC(N4CCCCC4)C3)cc2)CC1. The van der Waals surface area contributed by atoms with E-state index in [1.807, 2.05) is 24.3 Å². The Morgan fingerprint density at radius 3 is 2.36 bits per heavy atom. The Morgan fingerprint density at radius 2 is 1.68 bits per heavy atom. The van der Waals surface area contributed by atoms with E-state index in [0.717, 1.165) is 56.5 Å². The molecule has 2 heterocycles. The molecule has 0 aromatic heterocycles. The lowest BCUT2D eigenvalue weighted by Gasteiger charge is -2.44. The van der Waals surface area contributed by atoms with Crippen molar-refractivity contribution in [2.24, 2.45) is 0 Å². The van der Waals surface area contributed by atoms with Gasteiger partial charge < -0.3 is 19.9 Å². The van der Waals surface area contributed by atoms with Gasteiger partial charge in [0, 0.05) is 50.7 Å². The average Bonchev–Trinajstić information content (AvgIpc) is 2.68. The van der Waals surface area contributed by atoms with Crippen LogP contribution in [0.2, 0.25) is 0 Å². The van der Waals surface area contributed by atoms with Crippen LogP contribution in [0.5, 0.6) is 5.75 Å². The van der Waals surface area contributed by atoms with Crippen molar-refractivity contribution in [3.8, 4) is 5.75 Å². The van der Waals surface area contributed by atoms with Gasteiger partial charge in [-0.25, -0.2) is 0 Å². The molecule has 154 valence electrons. The van der Waals surface area contributed by atoms with Gasteiger partial charge in [0.15, 0.2) is 0 Å². The summed E-state index contributed by atoms with van der Waals surface area (Å²) in [4.78, 5) is 19.4. The number of ether oxygens (including phenoxy) is 1. The molecule has 2 aliphatic heterocycles. The summed E-state index contributed by atoms with van der Waals surface area (Å²) in [5.41, 5.74) is 0.839. The molecule has 6 nitrogen and oxygen atoms in total. The van der Waals surface area contributed by atoms with Gasteiger partial charge in [-0.1, -0.05) is 6.42 Å². The van der Waals surface area contributed by atoms with Crippen molar-refractivity contribution in [1.29, 1.82) is 0 Å². The van der Waals surface area contributed by atoms with E-state index in [4.69, 9.17) is 4.74 Å². The summed E-state index contributed by atoms with van der Waals surface area (Å²) in [6.07, 6.45) is 6.72. The molecule has 0 bridgehead atoms. The molecule has 1 aliphatic carbocycles. The highest BCUT2D eigenvalue weighted by molar-refractivity contribution is 5.92. The molecule has 0 atom stereocenters. The number of nitrogens with one attached hydrogen (secondary N) is 1. The third kappa shape index (κ3) is 5.25. The van der Waals surface area contributed by atoms with E-state index in [9.17, 15) is 4.79 Å². The second-order valence-corrected chi connectivity index (χ2v) is 8.61. The first-order chi connectivity index (χ1) is 13.7. The molecule has 1 amide bonds. The first-order valence-corrected chi connectivity index (χ1v) is 10.9. The molecule has 0 unspecified atom stereocenters. The zero-order valence-corrected chi connectivity index (χ0v) is 17.1. The Hall–Kier alpha value is -1.63. The third-order valence-corrected chi connectivity index (χ3v) is 6.38. The van der Waals surface area contributed by atoms with Gasteiger partial charge in [-0.2, -0.15) is 0 Å². The number of hydrogen-bond donors (Lipinski definition) is 1. The molecule has 1 N–H and O–H groups in total. The maximum Gasteiger partial charge on any atom is 0.238 e. The maximum absolute atomic E-state index is 12.3. The van der Waals surface area contributed by atoms with Crippen molar-refractivity contribution in [2.45, 2.75) is 44.2 Å². The van der Waals surface area contributed by atoms with E-state index in [1.54, 1.807) is 0 Å². The summed E-state index contributed by atoms with van der Waals surface area (Å²) in [6, 6.07) is 8.55. The number of anilines is 1. The molecule has 1 saturated carbocycles. The molecule has 6 heteroatoms. The number of carbonyl (C=O) groups is 1. The van der Waals surface area contributed by atoms with Gasteiger partial charge in [-0.05, 0) is 57.2 Å². The van der Waals surface area contributed by atoms with Crippen molar-refractivity contribution in [3.63, 3.8) is 0 Å². The van der Waals surface area contributed by atoms with E-state index in [1.165, 1.54) is 32.4 Å². The van der Waals surface area contributed by atoms with Gasteiger partial charge in [0.1, 0.15) is 11.9 Å². The minimum Gasteiger partial charge on any atom is -0.490 e. The topological polar surface area (TPSA) is 48.1 Å². The number of rotatable bonds is 6. The van der Waals surface area contributed by atoms with Crippen molar-refractivity contribution >= 4 is 11.6 Å². The molecular weight excluding hydrogens is 352 g/mol. The first kappa shape index (κ1) is 19.7. The second kappa shape index (κ2) is 9.25. The molecule has 0 radical (unpaired) electrons. The van der Waals surface area contributed by atoms with Crippen LogP contribution in [-0.4, -0.2) is 85.6 Å². The summed E-state index contributed by atoms with van der Waals surface area (Å²) in [6.45, 7) is 6.96. The van der Waals surface area contributed by atoms with Crippen LogP contribution in [0.1, 0.15) is 32.1 Å². The fourth-order valence-electron chi connectivity index (χ4n) is 4.43. The highest BCUT2D eigenvalue weighted by Gasteiger charge is 2.35. The predicted molar refractivity (Wildman–Crippen MR) is 112 cm³/mol. The molecule has 28 heavy (non-hydrogen) atoms. The molecule has 3 fully saturated rings. The van der Waals surface area contributed by atoms with E-state index in [0.29, 0.717) is 12.6 Å².